The SMILES string of the molecule is CCCCCCCCCCCCCCOC(COCc1ccccc1)COP(O)OCC(CCc1ccc2c(N)ncnn12)OC. The van der Waals surface area contributed by atoms with Crippen LogP contribution in [-0.2, 0) is 36.3 Å². The number of rotatable bonds is 28. The summed E-state index contributed by atoms with van der Waals surface area (Å²) in [4.78, 5) is 14.5. The van der Waals surface area contributed by atoms with Crippen LogP contribution in [0.25, 0.3) is 5.52 Å². The van der Waals surface area contributed by atoms with Gasteiger partial charge in [0.1, 0.15) is 17.9 Å². The zero-order valence-corrected chi connectivity index (χ0v) is 29.0. The number of methoxy groups -OCH3 is 1. The number of nitrogens with zero attached hydrogens (tertiary/aromatic N) is 3. The number of fused-ring (bicyclic) bond motifs is 1. The average Bonchev–Trinajstić information content (AvgIpc) is 3.50. The Bertz CT molecular complexity index is 1170. The molecule has 2 aromatic heterocycles. The van der Waals surface area contributed by atoms with Gasteiger partial charge in [-0.15, -0.1) is 0 Å². The standard InChI is InChI=1S/C35H57N4O6P/c1-3-4-5-6-7-8-9-10-11-12-13-17-24-43-33(26-42-25-30-18-15-14-16-19-30)28-45-46(40)44-27-32(41-2)22-20-31-21-23-34-35(36)37-29-38-39(31)34/h14-16,18-19,21,23,29,32-33,40H,3-13,17,20,22,24-28H2,1-2H3,(H2,36,37,38). The smallest absolute Gasteiger partial charge is 0.330 e. The number of benzene rings is 1. The second-order valence-corrected chi connectivity index (χ2v) is 12.9. The Morgan fingerprint density at radius 3 is 2.15 bits per heavy atom. The first-order valence-corrected chi connectivity index (χ1v) is 18.3. The highest BCUT2D eigenvalue weighted by atomic mass is 31.2. The molecule has 0 amide bonds. The van der Waals surface area contributed by atoms with Crippen LogP contribution in [0, 0.1) is 0 Å². The summed E-state index contributed by atoms with van der Waals surface area (Å²) in [7, 11) is -0.460. The summed E-state index contributed by atoms with van der Waals surface area (Å²) in [5, 5.41) is 4.29. The molecule has 2 heterocycles. The summed E-state index contributed by atoms with van der Waals surface area (Å²) in [6.07, 6.45) is 17.9. The predicted molar refractivity (Wildman–Crippen MR) is 184 cm³/mol. The van der Waals surface area contributed by atoms with Gasteiger partial charge in [0.05, 0.1) is 32.5 Å². The largest absolute Gasteiger partial charge is 0.382 e. The van der Waals surface area contributed by atoms with E-state index in [2.05, 4.69) is 17.0 Å². The van der Waals surface area contributed by atoms with E-state index in [1.54, 1.807) is 11.6 Å². The van der Waals surface area contributed by atoms with Crippen LogP contribution < -0.4 is 5.73 Å². The van der Waals surface area contributed by atoms with Crippen LogP contribution in [0.15, 0.2) is 48.8 Å². The third-order valence-corrected chi connectivity index (χ3v) is 8.86. The zero-order chi connectivity index (χ0) is 32.7. The summed E-state index contributed by atoms with van der Waals surface area (Å²) >= 11 is 0. The number of nitrogens with two attached hydrogens (primary N) is 1. The number of hydrogen-bond acceptors (Lipinski definition) is 9. The molecule has 3 rings (SSSR count). The maximum Gasteiger partial charge on any atom is 0.330 e. The number of unbranched alkanes of at least 4 members (excludes halogenated alkanes) is 11. The summed E-state index contributed by atoms with van der Waals surface area (Å²) in [6.45, 7) is 4.16. The molecule has 46 heavy (non-hydrogen) atoms. The van der Waals surface area contributed by atoms with E-state index in [1.807, 2.05) is 42.5 Å². The van der Waals surface area contributed by atoms with Crippen LogP contribution in [0.1, 0.15) is 102 Å². The van der Waals surface area contributed by atoms with Gasteiger partial charge in [-0.3, -0.25) is 0 Å². The van der Waals surface area contributed by atoms with Crippen molar-refractivity contribution >= 4 is 19.9 Å². The highest BCUT2D eigenvalue weighted by molar-refractivity contribution is 7.40. The maximum absolute atomic E-state index is 10.5. The van der Waals surface area contributed by atoms with Crippen molar-refractivity contribution in [1.82, 2.24) is 14.6 Å². The maximum atomic E-state index is 10.5. The van der Waals surface area contributed by atoms with Gasteiger partial charge in [-0.1, -0.05) is 108 Å². The van der Waals surface area contributed by atoms with E-state index in [4.69, 9.17) is 29.0 Å². The Kier molecular flexibility index (Phi) is 20.0. The fourth-order valence-corrected chi connectivity index (χ4v) is 5.99. The van der Waals surface area contributed by atoms with Gasteiger partial charge in [0.25, 0.3) is 0 Å². The first kappa shape index (κ1) is 38.3. The molecule has 0 saturated heterocycles. The lowest BCUT2D eigenvalue weighted by Crippen LogP contribution is -2.26. The molecular formula is C35H57N4O6P. The summed E-state index contributed by atoms with van der Waals surface area (Å²) in [6, 6.07) is 13.9. The fourth-order valence-electron chi connectivity index (χ4n) is 5.33. The van der Waals surface area contributed by atoms with Crippen molar-refractivity contribution in [3.05, 3.63) is 60.0 Å². The quantitative estimate of drug-likeness (QED) is 0.0593. The minimum Gasteiger partial charge on any atom is -0.382 e. The summed E-state index contributed by atoms with van der Waals surface area (Å²) in [5.74, 6) is 0.442. The number of hydrogen-bond donors (Lipinski definition) is 2. The van der Waals surface area contributed by atoms with E-state index in [1.165, 1.54) is 70.5 Å². The lowest BCUT2D eigenvalue weighted by Gasteiger charge is -2.21. The monoisotopic (exact) mass is 660 g/mol. The van der Waals surface area contributed by atoms with E-state index < -0.39 is 8.60 Å². The van der Waals surface area contributed by atoms with Gasteiger partial charge in [0.15, 0.2) is 5.82 Å². The molecule has 0 radical (unpaired) electrons. The highest BCUT2D eigenvalue weighted by Crippen LogP contribution is 2.33. The molecule has 0 spiro atoms. The van der Waals surface area contributed by atoms with Crippen molar-refractivity contribution < 1.29 is 28.2 Å². The Morgan fingerprint density at radius 1 is 0.826 bits per heavy atom. The molecule has 0 bridgehead atoms. The molecule has 0 fully saturated rings. The molecule has 3 aromatic rings. The topological polar surface area (TPSA) is 123 Å². The number of anilines is 1. The molecule has 0 aliphatic rings. The predicted octanol–water partition coefficient (Wildman–Crippen LogP) is 7.81. The molecule has 0 aliphatic heterocycles. The Morgan fingerprint density at radius 2 is 1.48 bits per heavy atom. The van der Waals surface area contributed by atoms with E-state index >= 15 is 0 Å². The second-order valence-electron chi connectivity index (χ2n) is 11.9. The molecule has 11 heteroatoms. The van der Waals surface area contributed by atoms with Gasteiger partial charge < -0.3 is 33.9 Å². The van der Waals surface area contributed by atoms with Crippen molar-refractivity contribution in [2.75, 3.05) is 39.3 Å². The molecular weight excluding hydrogens is 603 g/mol. The average molecular weight is 661 g/mol. The van der Waals surface area contributed by atoms with Crippen molar-refractivity contribution in [1.29, 1.82) is 0 Å². The van der Waals surface area contributed by atoms with Crippen LogP contribution in [0.5, 0.6) is 0 Å². The van der Waals surface area contributed by atoms with Crippen molar-refractivity contribution in [2.24, 2.45) is 0 Å². The summed E-state index contributed by atoms with van der Waals surface area (Å²) < 4.78 is 30.8. The molecule has 0 aliphatic carbocycles. The second kappa shape index (κ2) is 24.0. The van der Waals surface area contributed by atoms with E-state index in [0.29, 0.717) is 38.5 Å². The van der Waals surface area contributed by atoms with E-state index in [9.17, 15) is 4.89 Å². The number of nitrogen functional groups attached to an aromatic ring is 1. The van der Waals surface area contributed by atoms with Gasteiger partial charge in [0, 0.05) is 19.4 Å². The molecule has 3 unspecified atom stereocenters. The van der Waals surface area contributed by atoms with Crippen LogP contribution in [0.3, 0.4) is 0 Å². The van der Waals surface area contributed by atoms with Gasteiger partial charge >= 0.3 is 8.60 Å². The van der Waals surface area contributed by atoms with Crippen molar-refractivity contribution in [3.8, 4) is 0 Å². The van der Waals surface area contributed by atoms with Crippen LogP contribution >= 0.6 is 8.60 Å². The van der Waals surface area contributed by atoms with Gasteiger partial charge in [-0.25, -0.2) is 9.50 Å². The first-order chi connectivity index (χ1) is 22.6. The molecule has 258 valence electrons. The number of aromatic nitrogens is 3. The normalized spacial score (nSPS) is 13.7. The Labute approximate surface area is 277 Å². The van der Waals surface area contributed by atoms with Crippen LogP contribution in [0.4, 0.5) is 5.82 Å². The van der Waals surface area contributed by atoms with Crippen molar-refractivity contribution in [3.63, 3.8) is 0 Å². The molecule has 3 atom stereocenters. The summed E-state index contributed by atoms with van der Waals surface area (Å²) in [5.41, 5.74) is 8.82. The fraction of sp³-hybridized carbons (Fsp3) is 0.657. The molecule has 3 N–H and O–H groups in total. The Hall–Kier alpha value is -2.17. The van der Waals surface area contributed by atoms with Crippen LogP contribution in [-0.4, -0.2) is 65.2 Å². The van der Waals surface area contributed by atoms with Crippen LogP contribution in [0.2, 0.25) is 0 Å². The van der Waals surface area contributed by atoms with Gasteiger partial charge in [-0.2, -0.15) is 5.10 Å². The zero-order valence-electron chi connectivity index (χ0n) is 28.1. The third-order valence-electron chi connectivity index (χ3n) is 8.12. The Balaban J connectivity index is 1.32. The van der Waals surface area contributed by atoms with Crippen molar-refractivity contribution in [2.45, 2.75) is 116 Å². The number of aryl methyl sites for hydroxylation is 1. The minimum atomic E-state index is -2.09. The lowest BCUT2D eigenvalue weighted by atomic mass is 10.1. The highest BCUT2D eigenvalue weighted by Gasteiger charge is 2.18. The lowest BCUT2D eigenvalue weighted by molar-refractivity contribution is -0.0460. The van der Waals surface area contributed by atoms with E-state index in [-0.39, 0.29) is 25.4 Å². The van der Waals surface area contributed by atoms with Gasteiger partial charge in [-0.05, 0) is 37.0 Å². The minimum absolute atomic E-state index is 0.185. The molecule has 0 saturated carbocycles. The molecule has 10 nitrogen and oxygen atoms in total. The molecule has 1 aromatic carbocycles. The first-order valence-electron chi connectivity index (χ1n) is 17.2. The van der Waals surface area contributed by atoms with E-state index in [0.717, 1.165) is 29.6 Å². The third kappa shape index (κ3) is 15.6. The number of ether oxygens (including phenoxy) is 3. The van der Waals surface area contributed by atoms with Gasteiger partial charge in [0.2, 0.25) is 0 Å².